The Labute approximate surface area is 119 Å². The maximum absolute atomic E-state index is 11.0. The number of rotatable bonds is 3. The summed E-state index contributed by atoms with van der Waals surface area (Å²) in [5.41, 5.74) is 0.607. The third-order valence-electron chi connectivity index (χ3n) is 3.34. The lowest BCUT2D eigenvalue weighted by Crippen LogP contribution is -2.13. The fourth-order valence-electron chi connectivity index (χ4n) is 2.27. The lowest BCUT2D eigenvalue weighted by Gasteiger charge is -2.18. The zero-order valence-electron chi connectivity index (χ0n) is 10.7. The SMILES string of the molecule is O=[N+]([O-])c1ccccc1-c1nnc(C2CCOCC2)s1. The number of nitrogens with zero attached hydrogens (tertiary/aromatic N) is 3. The first-order valence-corrected chi connectivity index (χ1v) is 7.22. The Hall–Kier alpha value is -1.86. The predicted molar refractivity (Wildman–Crippen MR) is 74.8 cm³/mol. The van der Waals surface area contributed by atoms with Crippen molar-refractivity contribution in [3.05, 3.63) is 39.4 Å². The molecule has 1 aliphatic rings. The van der Waals surface area contributed by atoms with E-state index in [9.17, 15) is 10.1 Å². The normalized spacial score (nSPS) is 16.2. The molecule has 0 amide bonds. The zero-order chi connectivity index (χ0) is 13.9. The van der Waals surface area contributed by atoms with Gasteiger partial charge in [0.05, 0.1) is 10.5 Å². The molecule has 0 saturated carbocycles. The fourth-order valence-corrected chi connectivity index (χ4v) is 3.31. The Morgan fingerprint density at radius 2 is 2.00 bits per heavy atom. The van der Waals surface area contributed by atoms with Crippen molar-refractivity contribution < 1.29 is 9.66 Å². The highest BCUT2D eigenvalue weighted by Crippen LogP contribution is 2.36. The van der Waals surface area contributed by atoms with Crippen LogP contribution in [0, 0.1) is 10.1 Å². The number of ether oxygens (including phenoxy) is 1. The van der Waals surface area contributed by atoms with Gasteiger partial charge in [0.25, 0.3) is 5.69 Å². The molecule has 7 heteroatoms. The minimum Gasteiger partial charge on any atom is -0.381 e. The molecule has 1 fully saturated rings. The van der Waals surface area contributed by atoms with Gasteiger partial charge in [0.2, 0.25) is 0 Å². The summed E-state index contributed by atoms with van der Waals surface area (Å²) in [6, 6.07) is 6.64. The van der Waals surface area contributed by atoms with Crippen molar-refractivity contribution in [2.45, 2.75) is 18.8 Å². The van der Waals surface area contributed by atoms with E-state index < -0.39 is 0 Å². The largest absolute Gasteiger partial charge is 0.381 e. The van der Waals surface area contributed by atoms with Crippen LogP contribution in [0.4, 0.5) is 5.69 Å². The van der Waals surface area contributed by atoms with Gasteiger partial charge in [0.1, 0.15) is 5.01 Å². The summed E-state index contributed by atoms with van der Waals surface area (Å²) in [5, 5.41) is 20.9. The van der Waals surface area contributed by atoms with E-state index in [0.717, 1.165) is 31.1 Å². The predicted octanol–water partition coefficient (Wildman–Crippen LogP) is 3.01. The maximum Gasteiger partial charge on any atom is 0.279 e. The van der Waals surface area contributed by atoms with Crippen LogP contribution in [0.5, 0.6) is 0 Å². The Morgan fingerprint density at radius 3 is 2.75 bits per heavy atom. The molecule has 0 bridgehead atoms. The number of nitro benzene ring substituents is 1. The summed E-state index contributed by atoms with van der Waals surface area (Å²) in [6.07, 6.45) is 1.87. The van der Waals surface area contributed by atoms with Gasteiger partial charge < -0.3 is 4.74 Å². The van der Waals surface area contributed by atoms with Gasteiger partial charge in [-0.15, -0.1) is 10.2 Å². The van der Waals surface area contributed by atoms with Crippen molar-refractivity contribution in [2.75, 3.05) is 13.2 Å². The molecular weight excluding hydrogens is 278 g/mol. The van der Waals surface area contributed by atoms with Gasteiger partial charge in [0, 0.05) is 25.2 Å². The second-order valence-electron chi connectivity index (χ2n) is 4.61. The summed E-state index contributed by atoms with van der Waals surface area (Å²) in [5.74, 6) is 0.359. The smallest absolute Gasteiger partial charge is 0.279 e. The van der Waals surface area contributed by atoms with Crippen LogP contribution in [0.1, 0.15) is 23.8 Å². The molecule has 1 aliphatic heterocycles. The van der Waals surface area contributed by atoms with Crippen molar-refractivity contribution in [3.63, 3.8) is 0 Å². The molecule has 0 aliphatic carbocycles. The van der Waals surface area contributed by atoms with Crippen molar-refractivity contribution in [1.82, 2.24) is 10.2 Å². The molecule has 0 spiro atoms. The number of hydrogen-bond donors (Lipinski definition) is 0. The minimum absolute atomic E-state index is 0.0715. The van der Waals surface area contributed by atoms with E-state index in [2.05, 4.69) is 10.2 Å². The molecule has 0 atom stereocenters. The molecule has 6 nitrogen and oxygen atoms in total. The second-order valence-corrected chi connectivity index (χ2v) is 5.62. The van der Waals surface area contributed by atoms with Gasteiger partial charge in [-0.2, -0.15) is 0 Å². The van der Waals surface area contributed by atoms with Crippen LogP contribution in [0.15, 0.2) is 24.3 Å². The Kier molecular flexibility index (Phi) is 3.70. The molecule has 0 unspecified atom stereocenters. The van der Waals surface area contributed by atoms with E-state index in [-0.39, 0.29) is 10.6 Å². The average Bonchev–Trinajstić information content (AvgIpc) is 2.98. The standard InChI is InChI=1S/C13H13N3O3S/c17-16(18)11-4-2-1-3-10(11)13-15-14-12(20-13)9-5-7-19-8-6-9/h1-4,9H,5-8H2. The monoisotopic (exact) mass is 291 g/mol. The molecule has 0 radical (unpaired) electrons. The van der Waals surface area contributed by atoms with E-state index in [1.165, 1.54) is 17.4 Å². The maximum atomic E-state index is 11.0. The van der Waals surface area contributed by atoms with Crippen LogP contribution < -0.4 is 0 Å². The quantitative estimate of drug-likeness (QED) is 0.641. The van der Waals surface area contributed by atoms with Crippen LogP contribution in [0.2, 0.25) is 0 Å². The number of hydrogen-bond acceptors (Lipinski definition) is 6. The first kappa shape index (κ1) is 13.1. The third-order valence-corrected chi connectivity index (χ3v) is 4.46. The molecular formula is C13H13N3O3S. The van der Waals surface area contributed by atoms with Gasteiger partial charge in [-0.05, 0) is 18.9 Å². The summed E-state index contributed by atoms with van der Waals surface area (Å²) in [6.45, 7) is 1.48. The Morgan fingerprint density at radius 1 is 1.25 bits per heavy atom. The van der Waals surface area contributed by atoms with E-state index in [4.69, 9.17) is 4.74 Å². The van der Waals surface area contributed by atoms with Crippen LogP contribution in [0.3, 0.4) is 0 Å². The van der Waals surface area contributed by atoms with Gasteiger partial charge >= 0.3 is 0 Å². The van der Waals surface area contributed by atoms with Gasteiger partial charge in [0.15, 0.2) is 5.01 Å². The summed E-state index contributed by atoms with van der Waals surface area (Å²) in [7, 11) is 0. The van der Waals surface area contributed by atoms with Crippen molar-refractivity contribution in [1.29, 1.82) is 0 Å². The van der Waals surface area contributed by atoms with Crippen LogP contribution in [-0.2, 0) is 4.74 Å². The van der Waals surface area contributed by atoms with Crippen LogP contribution in [-0.4, -0.2) is 28.3 Å². The van der Waals surface area contributed by atoms with Crippen molar-refractivity contribution in [3.8, 4) is 10.6 Å². The topological polar surface area (TPSA) is 78.2 Å². The molecule has 3 rings (SSSR count). The van der Waals surface area contributed by atoms with E-state index >= 15 is 0 Å². The first-order chi connectivity index (χ1) is 9.75. The van der Waals surface area contributed by atoms with Crippen LogP contribution in [0.25, 0.3) is 10.6 Å². The minimum atomic E-state index is -0.384. The lowest BCUT2D eigenvalue weighted by atomic mass is 10.0. The highest BCUT2D eigenvalue weighted by molar-refractivity contribution is 7.14. The summed E-state index contributed by atoms with van der Waals surface area (Å²) < 4.78 is 5.33. The lowest BCUT2D eigenvalue weighted by molar-refractivity contribution is -0.384. The van der Waals surface area contributed by atoms with Crippen molar-refractivity contribution >= 4 is 17.0 Å². The van der Waals surface area contributed by atoms with E-state index in [1.807, 2.05) is 0 Å². The molecule has 1 aromatic carbocycles. The number of benzene rings is 1. The van der Waals surface area contributed by atoms with E-state index in [0.29, 0.717) is 16.5 Å². The first-order valence-electron chi connectivity index (χ1n) is 6.40. The third kappa shape index (κ3) is 2.54. The molecule has 0 N–H and O–H groups in total. The molecule has 1 saturated heterocycles. The zero-order valence-corrected chi connectivity index (χ0v) is 11.5. The number of para-hydroxylation sites is 1. The molecule has 104 valence electrons. The summed E-state index contributed by atoms with van der Waals surface area (Å²) in [4.78, 5) is 10.7. The fraction of sp³-hybridized carbons (Fsp3) is 0.385. The summed E-state index contributed by atoms with van der Waals surface area (Å²) >= 11 is 1.44. The highest BCUT2D eigenvalue weighted by Gasteiger charge is 2.23. The molecule has 2 aromatic rings. The number of nitro groups is 1. The molecule has 1 aromatic heterocycles. The van der Waals surface area contributed by atoms with Gasteiger partial charge in [-0.1, -0.05) is 23.5 Å². The number of aromatic nitrogens is 2. The van der Waals surface area contributed by atoms with Crippen LogP contribution >= 0.6 is 11.3 Å². The second kappa shape index (κ2) is 5.64. The van der Waals surface area contributed by atoms with E-state index in [1.54, 1.807) is 18.2 Å². The van der Waals surface area contributed by atoms with Gasteiger partial charge in [-0.25, -0.2) is 0 Å². The average molecular weight is 291 g/mol. The van der Waals surface area contributed by atoms with Crippen molar-refractivity contribution in [2.24, 2.45) is 0 Å². The molecule has 20 heavy (non-hydrogen) atoms. The highest BCUT2D eigenvalue weighted by atomic mass is 32.1. The van der Waals surface area contributed by atoms with Gasteiger partial charge in [-0.3, -0.25) is 10.1 Å². The molecule has 2 heterocycles. The Bertz CT molecular complexity index is 623. The Balaban J connectivity index is 1.92.